The molecule has 0 spiro atoms. The maximum atomic E-state index is 14.2. The van der Waals surface area contributed by atoms with Gasteiger partial charge in [-0.3, -0.25) is 4.98 Å². The molecule has 0 saturated heterocycles. The summed E-state index contributed by atoms with van der Waals surface area (Å²) < 4.78 is 32.2. The zero-order valence-electron chi connectivity index (χ0n) is 12.1. The predicted molar refractivity (Wildman–Crippen MR) is 77.3 cm³/mol. The van der Waals surface area contributed by atoms with E-state index in [-0.39, 0.29) is 23.4 Å². The third-order valence-corrected chi connectivity index (χ3v) is 3.25. The van der Waals surface area contributed by atoms with Crippen LogP contribution < -0.4 is 10.1 Å². The first kappa shape index (κ1) is 15.4. The van der Waals surface area contributed by atoms with Crippen molar-refractivity contribution in [1.29, 1.82) is 0 Å². The zero-order chi connectivity index (χ0) is 15.2. The monoisotopic (exact) mass is 292 g/mol. The largest absolute Gasteiger partial charge is 0.494 e. The van der Waals surface area contributed by atoms with Gasteiger partial charge in [-0.25, -0.2) is 8.78 Å². The first-order valence-electron chi connectivity index (χ1n) is 6.82. The number of hydrogen-bond acceptors (Lipinski definition) is 3. The molecule has 1 unspecified atom stereocenters. The molecular weight excluding hydrogens is 274 g/mol. The van der Waals surface area contributed by atoms with E-state index in [0.717, 1.165) is 0 Å². The maximum Gasteiger partial charge on any atom is 0.168 e. The SMILES string of the molecule is CCNC(Cc1cccc(OC)c1F)c1ccc(F)cn1. The van der Waals surface area contributed by atoms with Gasteiger partial charge in [0.25, 0.3) is 0 Å². The Bertz CT molecular complexity index is 587. The van der Waals surface area contributed by atoms with E-state index in [4.69, 9.17) is 4.74 Å². The number of rotatable bonds is 6. The topological polar surface area (TPSA) is 34.1 Å². The second kappa shape index (κ2) is 7.13. The van der Waals surface area contributed by atoms with Crippen LogP contribution in [0.25, 0.3) is 0 Å². The molecule has 0 saturated carbocycles. The van der Waals surface area contributed by atoms with Crippen molar-refractivity contribution >= 4 is 0 Å². The van der Waals surface area contributed by atoms with Gasteiger partial charge in [-0.05, 0) is 36.7 Å². The number of pyridine rings is 1. The number of ether oxygens (including phenoxy) is 1. The molecule has 3 nitrogen and oxygen atoms in total. The second-order valence-electron chi connectivity index (χ2n) is 4.65. The highest BCUT2D eigenvalue weighted by atomic mass is 19.1. The maximum absolute atomic E-state index is 14.2. The molecule has 112 valence electrons. The van der Waals surface area contributed by atoms with Crippen LogP contribution in [0.1, 0.15) is 24.2 Å². The van der Waals surface area contributed by atoms with Gasteiger partial charge >= 0.3 is 0 Å². The van der Waals surface area contributed by atoms with E-state index in [9.17, 15) is 8.78 Å². The summed E-state index contributed by atoms with van der Waals surface area (Å²) in [6.45, 7) is 2.66. The number of benzene rings is 1. The van der Waals surface area contributed by atoms with Crippen LogP contribution in [0.5, 0.6) is 5.75 Å². The number of methoxy groups -OCH3 is 1. The summed E-state index contributed by atoms with van der Waals surface area (Å²) in [5.41, 5.74) is 1.21. The molecule has 0 fully saturated rings. The molecule has 5 heteroatoms. The van der Waals surface area contributed by atoms with Crippen molar-refractivity contribution in [2.75, 3.05) is 13.7 Å². The van der Waals surface area contributed by atoms with Crippen LogP contribution in [-0.4, -0.2) is 18.6 Å². The number of nitrogens with one attached hydrogen (secondary N) is 1. The average Bonchev–Trinajstić information content (AvgIpc) is 2.49. The van der Waals surface area contributed by atoms with E-state index < -0.39 is 0 Å². The van der Waals surface area contributed by atoms with E-state index in [0.29, 0.717) is 24.2 Å². The van der Waals surface area contributed by atoms with Gasteiger partial charge in [0.1, 0.15) is 5.82 Å². The minimum Gasteiger partial charge on any atom is -0.494 e. The molecule has 1 N–H and O–H groups in total. The number of hydrogen-bond donors (Lipinski definition) is 1. The van der Waals surface area contributed by atoms with Gasteiger partial charge in [0.05, 0.1) is 25.0 Å². The van der Waals surface area contributed by atoms with Crippen LogP contribution in [-0.2, 0) is 6.42 Å². The van der Waals surface area contributed by atoms with Gasteiger partial charge in [-0.1, -0.05) is 19.1 Å². The standard InChI is InChI=1S/C16H18F2N2O/c1-3-19-14(13-8-7-12(17)10-20-13)9-11-5-4-6-15(21-2)16(11)18/h4-8,10,14,19H,3,9H2,1-2H3. The molecule has 1 heterocycles. The van der Waals surface area contributed by atoms with Gasteiger partial charge in [-0.2, -0.15) is 0 Å². The Kier molecular flexibility index (Phi) is 5.22. The number of likely N-dealkylation sites (N-methyl/N-ethyl adjacent to an activating group) is 1. The van der Waals surface area contributed by atoms with Gasteiger partial charge in [0.2, 0.25) is 0 Å². The predicted octanol–water partition coefficient (Wildman–Crippen LogP) is 3.26. The third kappa shape index (κ3) is 3.76. The van der Waals surface area contributed by atoms with E-state index in [1.165, 1.54) is 19.4 Å². The fourth-order valence-electron chi connectivity index (χ4n) is 2.21. The Morgan fingerprint density at radius 2 is 2.05 bits per heavy atom. The Labute approximate surface area is 123 Å². The van der Waals surface area contributed by atoms with Crippen molar-refractivity contribution in [3.05, 3.63) is 59.4 Å². The van der Waals surface area contributed by atoms with Gasteiger partial charge < -0.3 is 10.1 Å². The number of halogens is 2. The van der Waals surface area contributed by atoms with Crippen LogP contribution in [0.15, 0.2) is 36.5 Å². The first-order valence-corrected chi connectivity index (χ1v) is 6.82. The molecule has 0 bridgehead atoms. The van der Waals surface area contributed by atoms with E-state index >= 15 is 0 Å². The molecule has 0 radical (unpaired) electrons. The molecular formula is C16H18F2N2O. The normalized spacial score (nSPS) is 12.2. The third-order valence-electron chi connectivity index (χ3n) is 3.25. The van der Waals surface area contributed by atoms with E-state index in [2.05, 4.69) is 10.3 Å². The lowest BCUT2D eigenvalue weighted by Gasteiger charge is -2.18. The van der Waals surface area contributed by atoms with Crippen molar-refractivity contribution in [2.45, 2.75) is 19.4 Å². The molecule has 21 heavy (non-hydrogen) atoms. The summed E-state index contributed by atoms with van der Waals surface area (Å²) in [4.78, 5) is 4.07. The van der Waals surface area contributed by atoms with Gasteiger partial charge in [0, 0.05) is 0 Å². The summed E-state index contributed by atoms with van der Waals surface area (Å²) in [7, 11) is 1.44. The van der Waals surface area contributed by atoms with Crippen LogP contribution in [0.4, 0.5) is 8.78 Å². The minimum absolute atomic E-state index is 0.183. The molecule has 0 aliphatic carbocycles. The highest BCUT2D eigenvalue weighted by molar-refractivity contribution is 5.32. The molecule has 1 aromatic heterocycles. The first-order chi connectivity index (χ1) is 10.2. The summed E-state index contributed by atoms with van der Waals surface area (Å²) >= 11 is 0. The van der Waals surface area contributed by atoms with Crippen molar-refractivity contribution in [3.63, 3.8) is 0 Å². The molecule has 1 aromatic carbocycles. The molecule has 2 aromatic rings. The Morgan fingerprint density at radius 3 is 2.67 bits per heavy atom. The van der Waals surface area contributed by atoms with Crippen LogP contribution in [0.3, 0.4) is 0 Å². The van der Waals surface area contributed by atoms with E-state index in [1.807, 2.05) is 6.92 Å². The molecule has 0 amide bonds. The van der Waals surface area contributed by atoms with Crippen LogP contribution in [0.2, 0.25) is 0 Å². The fourth-order valence-corrected chi connectivity index (χ4v) is 2.21. The Morgan fingerprint density at radius 1 is 1.24 bits per heavy atom. The van der Waals surface area contributed by atoms with Crippen molar-refractivity contribution in [1.82, 2.24) is 10.3 Å². The number of aromatic nitrogens is 1. The van der Waals surface area contributed by atoms with E-state index in [1.54, 1.807) is 24.3 Å². The highest BCUT2D eigenvalue weighted by Gasteiger charge is 2.17. The van der Waals surface area contributed by atoms with Crippen LogP contribution in [0, 0.1) is 11.6 Å². The zero-order valence-corrected chi connectivity index (χ0v) is 12.1. The number of nitrogens with zero attached hydrogens (tertiary/aromatic N) is 1. The lowest BCUT2D eigenvalue weighted by atomic mass is 10.0. The van der Waals surface area contributed by atoms with Gasteiger partial charge in [0.15, 0.2) is 11.6 Å². The summed E-state index contributed by atoms with van der Waals surface area (Å²) in [5, 5.41) is 3.24. The van der Waals surface area contributed by atoms with Gasteiger partial charge in [-0.15, -0.1) is 0 Å². The lowest BCUT2D eigenvalue weighted by molar-refractivity contribution is 0.382. The second-order valence-corrected chi connectivity index (χ2v) is 4.65. The van der Waals surface area contributed by atoms with Crippen molar-refractivity contribution < 1.29 is 13.5 Å². The summed E-state index contributed by atoms with van der Waals surface area (Å²) in [5.74, 6) is -0.540. The molecule has 1 atom stereocenters. The Balaban J connectivity index is 2.26. The molecule has 0 aliphatic heterocycles. The molecule has 2 rings (SSSR count). The average molecular weight is 292 g/mol. The molecule has 0 aliphatic rings. The Hall–Kier alpha value is -2.01. The minimum atomic E-state index is -0.387. The van der Waals surface area contributed by atoms with Crippen molar-refractivity contribution in [3.8, 4) is 5.75 Å². The lowest BCUT2D eigenvalue weighted by Crippen LogP contribution is -2.24. The van der Waals surface area contributed by atoms with Crippen LogP contribution >= 0.6 is 0 Å². The summed E-state index contributed by atoms with van der Waals surface area (Å²) in [6, 6.07) is 7.83. The highest BCUT2D eigenvalue weighted by Crippen LogP contribution is 2.24. The smallest absolute Gasteiger partial charge is 0.168 e. The van der Waals surface area contributed by atoms with Crippen molar-refractivity contribution in [2.24, 2.45) is 0 Å². The quantitative estimate of drug-likeness (QED) is 0.887. The summed E-state index contributed by atoms with van der Waals surface area (Å²) in [6.07, 6.45) is 1.58. The fraction of sp³-hybridized carbons (Fsp3) is 0.312.